The molecule has 0 spiro atoms. The van der Waals surface area contributed by atoms with Crippen LogP contribution in [-0.2, 0) is 6.42 Å². The lowest BCUT2D eigenvalue weighted by Crippen LogP contribution is -2.22. The molecule has 0 radical (unpaired) electrons. The standard InChI is InChI=1S/C16H23N3S2/c1-4-17-15(10-20-16-18-11-19-21-16)14-7-5-13(6-8-14)9-12(2)3/h5-8,11-12,15,17H,4,9-10H2,1-3H3. The van der Waals surface area contributed by atoms with Gasteiger partial charge in [0.25, 0.3) is 0 Å². The van der Waals surface area contributed by atoms with Gasteiger partial charge in [-0.25, -0.2) is 4.98 Å². The van der Waals surface area contributed by atoms with Crippen molar-refractivity contribution in [3.63, 3.8) is 0 Å². The van der Waals surface area contributed by atoms with E-state index in [1.807, 2.05) is 0 Å². The first-order valence-electron chi connectivity index (χ1n) is 7.40. The maximum atomic E-state index is 4.23. The third-order valence-corrected chi connectivity index (χ3v) is 5.08. The van der Waals surface area contributed by atoms with E-state index in [1.54, 1.807) is 18.1 Å². The molecule has 0 aliphatic rings. The van der Waals surface area contributed by atoms with Crippen LogP contribution in [0.5, 0.6) is 0 Å². The Morgan fingerprint density at radius 2 is 2.00 bits per heavy atom. The maximum Gasteiger partial charge on any atom is 0.169 e. The van der Waals surface area contributed by atoms with Crippen molar-refractivity contribution in [3.8, 4) is 0 Å². The van der Waals surface area contributed by atoms with E-state index in [0.29, 0.717) is 12.0 Å². The third kappa shape index (κ3) is 5.41. The molecule has 0 aliphatic heterocycles. The van der Waals surface area contributed by atoms with Gasteiger partial charge in [-0.3, -0.25) is 0 Å². The molecule has 0 amide bonds. The van der Waals surface area contributed by atoms with Crippen LogP contribution in [0.4, 0.5) is 0 Å². The molecule has 5 heteroatoms. The molecule has 0 fully saturated rings. The molecule has 2 aromatic rings. The fourth-order valence-corrected chi connectivity index (χ4v) is 3.82. The first-order chi connectivity index (χ1) is 10.2. The number of benzene rings is 1. The first-order valence-corrected chi connectivity index (χ1v) is 9.16. The molecule has 1 unspecified atom stereocenters. The van der Waals surface area contributed by atoms with Gasteiger partial charge in [-0.1, -0.05) is 56.8 Å². The van der Waals surface area contributed by atoms with Crippen LogP contribution in [0.2, 0.25) is 0 Å². The highest BCUT2D eigenvalue weighted by atomic mass is 32.2. The first kappa shape index (κ1) is 16.5. The summed E-state index contributed by atoms with van der Waals surface area (Å²) in [7, 11) is 0. The molecule has 0 saturated carbocycles. The number of rotatable bonds is 8. The van der Waals surface area contributed by atoms with Crippen molar-refractivity contribution in [2.45, 2.75) is 37.6 Å². The second-order valence-electron chi connectivity index (χ2n) is 5.47. The monoisotopic (exact) mass is 321 g/mol. The molecule has 0 saturated heterocycles. The molecule has 21 heavy (non-hydrogen) atoms. The van der Waals surface area contributed by atoms with Crippen molar-refractivity contribution >= 4 is 23.3 Å². The van der Waals surface area contributed by atoms with Crippen LogP contribution in [0.25, 0.3) is 0 Å². The Morgan fingerprint density at radius 3 is 2.57 bits per heavy atom. The van der Waals surface area contributed by atoms with Crippen molar-refractivity contribution < 1.29 is 0 Å². The van der Waals surface area contributed by atoms with E-state index in [2.05, 4.69) is 59.7 Å². The molecule has 1 atom stereocenters. The fourth-order valence-electron chi connectivity index (χ4n) is 2.26. The Hall–Kier alpha value is -0.910. The predicted molar refractivity (Wildman–Crippen MR) is 92.0 cm³/mol. The SMILES string of the molecule is CCNC(CSc1ncns1)c1ccc(CC(C)C)cc1. The lowest BCUT2D eigenvalue weighted by atomic mass is 10.00. The van der Waals surface area contributed by atoms with E-state index in [-0.39, 0.29) is 0 Å². The summed E-state index contributed by atoms with van der Waals surface area (Å²) in [5.41, 5.74) is 2.77. The summed E-state index contributed by atoms with van der Waals surface area (Å²) in [5, 5.41) is 3.56. The molecule has 0 aliphatic carbocycles. The molecule has 3 nitrogen and oxygen atoms in total. The summed E-state index contributed by atoms with van der Waals surface area (Å²) in [4.78, 5) is 4.23. The summed E-state index contributed by atoms with van der Waals surface area (Å²) in [6.45, 7) is 7.63. The van der Waals surface area contributed by atoms with Gasteiger partial charge < -0.3 is 5.32 Å². The Labute approximate surface area is 135 Å². The summed E-state index contributed by atoms with van der Waals surface area (Å²) >= 11 is 3.23. The van der Waals surface area contributed by atoms with Crippen LogP contribution in [0, 0.1) is 5.92 Å². The number of nitrogens with zero attached hydrogens (tertiary/aromatic N) is 2. The molecule has 1 heterocycles. The molecule has 1 aromatic carbocycles. The van der Waals surface area contributed by atoms with Crippen LogP contribution >= 0.6 is 23.3 Å². The number of hydrogen-bond donors (Lipinski definition) is 1. The summed E-state index contributed by atoms with van der Waals surface area (Å²) in [6.07, 6.45) is 2.77. The molecule has 2 rings (SSSR count). The quantitative estimate of drug-likeness (QED) is 0.740. The van der Waals surface area contributed by atoms with Crippen LogP contribution in [-0.4, -0.2) is 21.7 Å². The normalized spacial score (nSPS) is 12.8. The van der Waals surface area contributed by atoms with E-state index < -0.39 is 0 Å². The topological polar surface area (TPSA) is 37.8 Å². The third-order valence-electron chi connectivity index (χ3n) is 3.19. The lowest BCUT2D eigenvalue weighted by molar-refractivity contribution is 0.604. The Morgan fingerprint density at radius 1 is 1.24 bits per heavy atom. The van der Waals surface area contributed by atoms with Crippen molar-refractivity contribution in [2.75, 3.05) is 12.3 Å². The van der Waals surface area contributed by atoms with Crippen molar-refractivity contribution in [3.05, 3.63) is 41.7 Å². The molecule has 114 valence electrons. The minimum atomic E-state index is 0.358. The van der Waals surface area contributed by atoms with Gasteiger partial charge in [0.05, 0.1) is 0 Å². The Bertz CT molecular complexity index is 509. The number of thioether (sulfide) groups is 1. The zero-order valence-electron chi connectivity index (χ0n) is 12.9. The van der Waals surface area contributed by atoms with Crippen LogP contribution in [0.3, 0.4) is 0 Å². The average molecular weight is 322 g/mol. The largest absolute Gasteiger partial charge is 0.309 e. The highest BCUT2D eigenvalue weighted by molar-refractivity contribution is 8.00. The number of hydrogen-bond acceptors (Lipinski definition) is 5. The smallest absolute Gasteiger partial charge is 0.169 e. The average Bonchev–Trinajstić information content (AvgIpc) is 2.97. The van der Waals surface area contributed by atoms with Crippen LogP contribution in [0.1, 0.15) is 37.9 Å². The number of nitrogens with one attached hydrogen (secondary N) is 1. The summed E-state index contributed by atoms with van der Waals surface area (Å²) in [5.74, 6) is 1.68. The van der Waals surface area contributed by atoms with E-state index in [9.17, 15) is 0 Å². The second-order valence-corrected chi connectivity index (χ2v) is 7.52. The Balaban J connectivity index is 1.99. The van der Waals surface area contributed by atoms with E-state index >= 15 is 0 Å². The minimum absolute atomic E-state index is 0.358. The van der Waals surface area contributed by atoms with Gasteiger partial charge in [0.15, 0.2) is 4.34 Å². The van der Waals surface area contributed by atoms with Crippen molar-refractivity contribution in [1.82, 2.24) is 14.7 Å². The summed E-state index contributed by atoms with van der Waals surface area (Å²) < 4.78 is 5.08. The lowest BCUT2D eigenvalue weighted by Gasteiger charge is -2.18. The Kier molecular flexibility index (Phi) is 6.67. The summed E-state index contributed by atoms with van der Waals surface area (Å²) in [6, 6.07) is 9.39. The van der Waals surface area contributed by atoms with E-state index in [4.69, 9.17) is 0 Å². The van der Waals surface area contributed by atoms with Gasteiger partial charge in [-0.15, -0.1) is 0 Å². The molecule has 0 bridgehead atoms. The molecular formula is C16H23N3S2. The zero-order chi connectivity index (χ0) is 15.1. The van der Waals surface area contributed by atoms with Gasteiger partial charge >= 0.3 is 0 Å². The van der Waals surface area contributed by atoms with Gasteiger partial charge in [-0.2, -0.15) is 4.37 Å². The van der Waals surface area contributed by atoms with Gasteiger partial charge in [0.2, 0.25) is 0 Å². The fraction of sp³-hybridized carbons (Fsp3) is 0.500. The van der Waals surface area contributed by atoms with Crippen LogP contribution in [0.15, 0.2) is 34.9 Å². The highest BCUT2D eigenvalue weighted by Crippen LogP contribution is 2.25. The van der Waals surface area contributed by atoms with E-state index in [0.717, 1.165) is 23.1 Å². The van der Waals surface area contributed by atoms with Crippen molar-refractivity contribution in [1.29, 1.82) is 0 Å². The molecule has 1 N–H and O–H groups in total. The van der Waals surface area contributed by atoms with Gasteiger partial charge in [-0.05, 0) is 41.5 Å². The molecular weight excluding hydrogens is 298 g/mol. The van der Waals surface area contributed by atoms with Gasteiger partial charge in [0.1, 0.15) is 6.33 Å². The number of aromatic nitrogens is 2. The zero-order valence-corrected chi connectivity index (χ0v) is 14.5. The second kappa shape index (κ2) is 8.51. The van der Waals surface area contributed by atoms with Gasteiger partial charge in [0, 0.05) is 11.8 Å². The highest BCUT2D eigenvalue weighted by Gasteiger charge is 2.12. The van der Waals surface area contributed by atoms with E-state index in [1.165, 1.54) is 22.7 Å². The van der Waals surface area contributed by atoms with Crippen molar-refractivity contribution in [2.24, 2.45) is 5.92 Å². The maximum absolute atomic E-state index is 4.23. The van der Waals surface area contributed by atoms with Crippen LogP contribution < -0.4 is 5.32 Å². The minimum Gasteiger partial charge on any atom is -0.309 e. The molecule has 1 aromatic heterocycles. The predicted octanol–water partition coefficient (Wildman–Crippen LogP) is 4.18.